The lowest BCUT2D eigenvalue weighted by atomic mass is 10.2. The largest absolute Gasteiger partial charge is 0.362 e. The summed E-state index contributed by atoms with van der Waals surface area (Å²) in [5.41, 5.74) is 2.40. The fourth-order valence-electron chi connectivity index (χ4n) is 2.19. The van der Waals surface area contributed by atoms with Crippen molar-refractivity contribution in [3.05, 3.63) is 66.2 Å². The average molecular weight is 325 g/mol. The van der Waals surface area contributed by atoms with Gasteiger partial charge in [0.1, 0.15) is 10.8 Å². The lowest BCUT2D eigenvalue weighted by Crippen LogP contribution is -2.07. The Morgan fingerprint density at radius 2 is 2.00 bits per heavy atom. The Morgan fingerprint density at radius 1 is 1.17 bits per heavy atom. The molecule has 6 heteroatoms. The summed E-state index contributed by atoms with van der Waals surface area (Å²) in [5.74, 6) is 1.66. The van der Waals surface area contributed by atoms with Crippen LogP contribution in [0, 0.1) is 0 Å². The summed E-state index contributed by atoms with van der Waals surface area (Å²) in [5, 5.41) is 8.48. The topological polar surface area (TPSA) is 55.6 Å². The van der Waals surface area contributed by atoms with E-state index in [0.29, 0.717) is 0 Å². The normalized spacial score (nSPS) is 12.1. The number of rotatable bonds is 6. The Kier molecular flexibility index (Phi) is 4.92. The monoisotopic (exact) mass is 325 g/mol. The lowest BCUT2D eigenvalue weighted by Gasteiger charge is -2.13. The van der Waals surface area contributed by atoms with Gasteiger partial charge in [0.25, 0.3) is 0 Å². The molecule has 0 saturated heterocycles. The summed E-state index contributed by atoms with van der Waals surface area (Å²) in [6.45, 7) is 2.09. The third-order valence-electron chi connectivity index (χ3n) is 3.43. The number of benzene rings is 1. The summed E-state index contributed by atoms with van der Waals surface area (Å²) in [4.78, 5) is 8.90. The Hall–Kier alpha value is -2.34. The molecule has 0 saturated carbocycles. The molecular formula is C17H19N5S. The maximum atomic E-state index is 4.62. The van der Waals surface area contributed by atoms with E-state index in [1.165, 1.54) is 5.56 Å². The van der Waals surface area contributed by atoms with Gasteiger partial charge in [-0.1, -0.05) is 30.3 Å². The Labute approximate surface area is 140 Å². The molecule has 3 rings (SSSR count). The summed E-state index contributed by atoms with van der Waals surface area (Å²) in [6, 6.07) is 10.5. The smallest absolute Gasteiger partial charge is 0.146 e. The standard InChI is InChI=1S/C17H19N5S/c1-13(15-8-19-22(2)11-15)20-16-9-18-10-17(21-16)23-12-14-6-4-3-5-7-14/h3-11,13H,12H2,1-2H3,(H,20,21). The molecule has 1 aromatic carbocycles. The summed E-state index contributed by atoms with van der Waals surface area (Å²) in [6.07, 6.45) is 7.41. The molecule has 0 radical (unpaired) electrons. The highest BCUT2D eigenvalue weighted by atomic mass is 32.2. The van der Waals surface area contributed by atoms with Crippen molar-refractivity contribution in [1.82, 2.24) is 19.7 Å². The lowest BCUT2D eigenvalue weighted by molar-refractivity contribution is 0.765. The molecule has 0 aliphatic carbocycles. The van der Waals surface area contributed by atoms with Crippen molar-refractivity contribution in [3.8, 4) is 0 Å². The molecule has 3 aromatic rings. The molecule has 23 heavy (non-hydrogen) atoms. The second-order valence-corrected chi connectivity index (χ2v) is 6.33. The minimum absolute atomic E-state index is 0.132. The fraction of sp³-hybridized carbons (Fsp3) is 0.235. The van der Waals surface area contributed by atoms with Gasteiger partial charge in [-0.3, -0.25) is 9.67 Å². The molecule has 0 bridgehead atoms. The van der Waals surface area contributed by atoms with Gasteiger partial charge < -0.3 is 5.32 Å². The first-order chi connectivity index (χ1) is 11.2. The number of hydrogen-bond acceptors (Lipinski definition) is 5. The van der Waals surface area contributed by atoms with Crippen molar-refractivity contribution in [2.75, 3.05) is 5.32 Å². The minimum atomic E-state index is 0.132. The number of aromatic nitrogens is 4. The first-order valence-electron chi connectivity index (χ1n) is 7.44. The van der Waals surface area contributed by atoms with Gasteiger partial charge in [0.2, 0.25) is 0 Å². The SMILES string of the molecule is CC(Nc1cncc(SCc2ccccc2)n1)c1cnn(C)c1. The van der Waals surface area contributed by atoms with E-state index in [0.717, 1.165) is 22.2 Å². The van der Waals surface area contributed by atoms with Crippen molar-refractivity contribution in [1.29, 1.82) is 0 Å². The van der Waals surface area contributed by atoms with Crippen LogP contribution in [0.2, 0.25) is 0 Å². The molecule has 0 aliphatic rings. The molecule has 1 N–H and O–H groups in total. The van der Waals surface area contributed by atoms with E-state index in [-0.39, 0.29) is 6.04 Å². The van der Waals surface area contributed by atoms with Crippen LogP contribution in [0.5, 0.6) is 0 Å². The van der Waals surface area contributed by atoms with Crippen LogP contribution in [-0.4, -0.2) is 19.7 Å². The Bertz CT molecular complexity index is 756. The predicted molar refractivity (Wildman–Crippen MR) is 93.3 cm³/mol. The van der Waals surface area contributed by atoms with Gasteiger partial charge in [-0.15, -0.1) is 11.8 Å². The molecule has 5 nitrogen and oxygen atoms in total. The van der Waals surface area contributed by atoms with Gasteiger partial charge in [0.15, 0.2) is 0 Å². The first kappa shape index (κ1) is 15.6. The Morgan fingerprint density at radius 3 is 2.74 bits per heavy atom. The van der Waals surface area contributed by atoms with E-state index in [9.17, 15) is 0 Å². The van der Waals surface area contributed by atoms with Crippen LogP contribution in [0.1, 0.15) is 24.1 Å². The number of hydrogen-bond donors (Lipinski definition) is 1. The predicted octanol–water partition coefficient (Wildman–Crippen LogP) is 3.68. The van der Waals surface area contributed by atoms with Crippen LogP contribution < -0.4 is 5.32 Å². The molecule has 0 aliphatic heterocycles. The van der Waals surface area contributed by atoms with E-state index in [1.807, 2.05) is 25.5 Å². The molecule has 118 valence electrons. The van der Waals surface area contributed by atoms with Gasteiger partial charge >= 0.3 is 0 Å². The van der Waals surface area contributed by atoms with Gasteiger partial charge in [-0.2, -0.15) is 5.10 Å². The van der Waals surface area contributed by atoms with Crippen LogP contribution in [0.3, 0.4) is 0 Å². The number of anilines is 1. The number of thioether (sulfide) groups is 1. The number of nitrogens with one attached hydrogen (secondary N) is 1. The molecule has 1 unspecified atom stereocenters. The van der Waals surface area contributed by atoms with Crippen LogP contribution in [0.25, 0.3) is 0 Å². The number of nitrogens with zero attached hydrogens (tertiary/aromatic N) is 4. The fourth-order valence-corrected chi connectivity index (χ4v) is 2.99. The maximum absolute atomic E-state index is 4.62. The van der Waals surface area contributed by atoms with Crippen LogP contribution in [0.15, 0.2) is 60.1 Å². The molecule has 0 amide bonds. The summed E-state index contributed by atoms with van der Waals surface area (Å²) in [7, 11) is 1.91. The minimum Gasteiger partial charge on any atom is -0.362 e. The van der Waals surface area contributed by atoms with Gasteiger partial charge in [0, 0.05) is 24.6 Å². The number of aryl methyl sites for hydroxylation is 1. The highest BCUT2D eigenvalue weighted by molar-refractivity contribution is 7.98. The van der Waals surface area contributed by atoms with Crippen LogP contribution in [0.4, 0.5) is 5.82 Å². The third-order valence-corrected chi connectivity index (χ3v) is 4.40. The van der Waals surface area contributed by atoms with E-state index < -0.39 is 0 Å². The van der Waals surface area contributed by atoms with Crippen molar-refractivity contribution in [2.45, 2.75) is 23.7 Å². The van der Waals surface area contributed by atoms with Gasteiger partial charge in [0.05, 0.1) is 24.6 Å². The van der Waals surface area contributed by atoms with E-state index >= 15 is 0 Å². The van der Waals surface area contributed by atoms with E-state index in [1.54, 1.807) is 28.8 Å². The van der Waals surface area contributed by atoms with E-state index in [2.05, 4.69) is 51.6 Å². The van der Waals surface area contributed by atoms with Crippen molar-refractivity contribution < 1.29 is 0 Å². The third kappa shape index (κ3) is 4.32. The Balaban J connectivity index is 1.63. The highest BCUT2D eigenvalue weighted by Gasteiger charge is 2.09. The van der Waals surface area contributed by atoms with Gasteiger partial charge in [-0.05, 0) is 12.5 Å². The second kappa shape index (κ2) is 7.28. The summed E-state index contributed by atoms with van der Waals surface area (Å²) >= 11 is 1.68. The summed E-state index contributed by atoms with van der Waals surface area (Å²) < 4.78 is 1.80. The quantitative estimate of drug-likeness (QED) is 0.701. The molecule has 2 aromatic heterocycles. The van der Waals surface area contributed by atoms with Crippen molar-refractivity contribution >= 4 is 17.6 Å². The van der Waals surface area contributed by atoms with Gasteiger partial charge in [-0.25, -0.2) is 4.98 Å². The first-order valence-corrected chi connectivity index (χ1v) is 8.43. The zero-order chi connectivity index (χ0) is 16.1. The van der Waals surface area contributed by atoms with Crippen LogP contribution in [-0.2, 0) is 12.8 Å². The second-order valence-electron chi connectivity index (χ2n) is 5.33. The van der Waals surface area contributed by atoms with E-state index in [4.69, 9.17) is 0 Å². The molecule has 0 spiro atoms. The molecular weight excluding hydrogens is 306 g/mol. The molecule has 2 heterocycles. The average Bonchev–Trinajstić information content (AvgIpc) is 3.01. The maximum Gasteiger partial charge on any atom is 0.146 e. The highest BCUT2D eigenvalue weighted by Crippen LogP contribution is 2.22. The zero-order valence-electron chi connectivity index (χ0n) is 13.2. The van der Waals surface area contributed by atoms with Crippen molar-refractivity contribution in [3.63, 3.8) is 0 Å². The van der Waals surface area contributed by atoms with Crippen LogP contribution >= 0.6 is 11.8 Å². The molecule has 1 atom stereocenters. The van der Waals surface area contributed by atoms with Crippen molar-refractivity contribution in [2.24, 2.45) is 7.05 Å². The molecule has 0 fully saturated rings. The zero-order valence-corrected chi connectivity index (χ0v) is 14.0.